The molecule has 19 heavy (non-hydrogen) atoms. The van der Waals surface area contributed by atoms with E-state index in [-0.39, 0.29) is 5.92 Å². The molecule has 3 nitrogen and oxygen atoms in total. The Morgan fingerprint density at radius 3 is 2.84 bits per heavy atom. The van der Waals surface area contributed by atoms with Gasteiger partial charge in [-0.3, -0.25) is 4.40 Å². The molecule has 0 radical (unpaired) electrons. The molecule has 1 unspecified atom stereocenters. The highest BCUT2D eigenvalue weighted by Crippen LogP contribution is 2.33. The van der Waals surface area contributed by atoms with E-state index < -0.39 is 0 Å². The van der Waals surface area contributed by atoms with Crippen molar-refractivity contribution in [1.29, 1.82) is 5.26 Å². The fourth-order valence-corrected chi connectivity index (χ4v) is 3.06. The number of pyridine rings is 1. The second-order valence-electron chi connectivity index (χ2n) is 4.53. The summed E-state index contributed by atoms with van der Waals surface area (Å²) in [5, 5.41) is 11.3. The Morgan fingerprint density at radius 2 is 2.16 bits per heavy atom. The highest BCUT2D eigenvalue weighted by atomic mass is 32.1. The topological polar surface area (TPSA) is 41.1 Å². The Kier molecular flexibility index (Phi) is 2.84. The maximum absolute atomic E-state index is 9.29. The van der Waals surface area contributed by atoms with Crippen LogP contribution in [0.2, 0.25) is 0 Å². The molecule has 3 rings (SSSR count). The quantitative estimate of drug-likeness (QED) is 0.704. The Morgan fingerprint density at radius 1 is 1.32 bits per heavy atom. The number of hydrogen-bond donors (Lipinski definition) is 0. The molecule has 0 aliphatic carbocycles. The van der Waals surface area contributed by atoms with Gasteiger partial charge in [-0.2, -0.15) is 5.26 Å². The number of nitriles is 1. The molecule has 94 valence electrons. The maximum atomic E-state index is 9.29. The number of aromatic nitrogens is 2. The Balaban J connectivity index is 2.40. The van der Waals surface area contributed by atoms with Gasteiger partial charge in [0.2, 0.25) is 0 Å². The van der Waals surface area contributed by atoms with Crippen LogP contribution in [0.3, 0.4) is 0 Å². The number of aryl methyl sites for hydroxylation is 1. The standard InChI is InChI=1S/C15H13N3S/c1-10(9-16)15-14(12-6-4-8-19-12)17-13-7-3-5-11(2)18(13)15/h3-8,10H,1-2H3. The molecule has 0 aromatic carbocycles. The van der Waals surface area contributed by atoms with Gasteiger partial charge in [-0.15, -0.1) is 11.3 Å². The van der Waals surface area contributed by atoms with E-state index in [1.165, 1.54) is 0 Å². The maximum Gasteiger partial charge on any atom is 0.137 e. The molecule has 3 heterocycles. The minimum absolute atomic E-state index is 0.187. The van der Waals surface area contributed by atoms with Crippen molar-refractivity contribution in [2.24, 2.45) is 0 Å². The smallest absolute Gasteiger partial charge is 0.137 e. The highest BCUT2D eigenvalue weighted by molar-refractivity contribution is 7.13. The van der Waals surface area contributed by atoms with Gasteiger partial charge < -0.3 is 0 Å². The zero-order chi connectivity index (χ0) is 13.4. The normalized spacial score (nSPS) is 12.5. The summed E-state index contributed by atoms with van der Waals surface area (Å²) in [6.07, 6.45) is 0. The third-order valence-electron chi connectivity index (χ3n) is 3.23. The van der Waals surface area contributed by atoms with Crippen LogP contribution < -0.4 is 0 Å². The van der Waals surface area contributed by atoms with Crippen LogP contribution >= 0.6 is 11.3 Å². The molecular weight excluding hydrogens is 254 g/mol. The molecular formula is C15H13N3S. The van der Waals surface area contributed by atoms with Gasteiger partial charge in [0.15, 0.2) is 0 Å². The van der Waals surface area contributed by atoms with E-state index in [1.54, 1.807) is 11.3 Å². The molecule has 1 atom stereocenters. The molecule has 4 heteroatoms. The average molecular weight is 267 g/mol. The number of hydrogen-bond acceptors (Lipinski definition) is 3. The zero-order valence-electron chi connectivity index (χ0n) is 10.8. The summed E-state index contributed by atoms with van der Waals surface area (Å²) in [4.78, 5) is 5.82. The summed E-state index contributed by atoms with van der Waals surface area (Å²) in [7, 11) is 0. The van der Waals surface area contributed by atoms with Crippen molar-refractivity contribution in [1.82, 2.24) is 9.38 Å². The SMILES string of the molecule is Cc1cccc2nc(-c3cccs3)c(C(C)C#N)n12. The molecule has 3 aromatic heterocycles. The van der Waals surface area contributed by atoms with Crippen molar-refractivity contribution >= 4 is 17.0 Å². The molecule has 0 aliphatic heterocycles. The summed E-state index contributed by atoms with van der Waals surface area (Å²) < 4.78 is 2.09. The van der Waals surface area contributed by atoms with Gasteiger partial charge in [-0.05, 0) is 37.4 Å². The van der Waals surface area contributed by atoms with Gasteiger partial charge in [-0.25, -0.2) is 4.98 Å². The average Bonchev–Trinajstić information content (AvgIpc) is 3.04. The molecule has 0 amide bonds. The summed E-state index contributed by atoms with van der Waals surface area (Å²) in [5.41, 5.74) is 3.92. The summed E-state index contributed by atoms with van der Waals surface area (Å²) in [6.45, 7) is 3.97. The molecule has 0 N–H and O–H groups in total. The van der Waals surface area contributed by atoms with Gasteiger partial charge in [0, 0.05) is 5.69 Å². The van der Waals surface area contributed by atoms with E-state index in [4.69, 9.17) is 4.98 Å². The second kappa shape index (κ2) is 4.52. The predicted octanol–water partition coefficient (Wildman–Crippen LogP) is 4.00. The number of fused-ring (bicyclic) bond motifs is 1. The molecule has 0 bridgehead atoms. The molecule has 3 aromatic rings. The van der Waals surface area contributed by atoms with Crippen LogP contribution in [0, 0.1) is 18.3 Å². The molecule has 0 spiro atoms. The minimum Gasteiger partial charge on any atom is -0.299 e. The van der Waals surface area contributed by atoms with Crippen LogP contribution in [-0.2, 0) is 0 Å². The van der Waals surface area contributed by atoms with Crippen LogP contribution in [0.5, 0.6) is 0 Å². The Labute approximate surface area is 115 Å². The molecule has 0 fully saturated rings. The lowest BCUT2D eigenvalue weighted by Gasteiger charge is -2.08. The van der Waals surface area contributed by atoms with Gasteiger partial charge in [-0.1, -0.05) is 12.1 Å². The Hall–Kier alpha value is -2.12. The number of thiophene rings is 1. The second-order valence-corrected chi connectivity index (χ2v) is 5.48. The van der Waals surface area contributed by atoms with Crippen molar-refractivity contribution in [3.8, 4) is 16.6 Å². The van der Waals surface area contributed by atoms with Gasteiger partial charge >= 0.3 is 0 Å². The zero-order valence-corrected chi connectivity index (χ0v) is 11.6. The first-order chi connectivity index (χ1) is 9.22. The number of nitrogens with zero attached hydrogens (tertiary/aromatic N) is 3. The van der Waals surface area contributed by atoms with E-state index in [2.05, 4.69) is 16.5 Å². The van der Waals surface area contributed by atoms with Gasteiger partial charge in [0.25, 0.3) is 0 Å². The van der Waals surface area contributed by atoms with Gasteiger partial charge in [0.05, 0.1) is 22.6 Å². The third-order valence-corrected chi connectivity index (χ3v) is 4.11. The van der Waals surface area contributed by atoms with E-state index in [1.807, 2.05) is 43.5 Å². The van der Waals surface area contributed by atoms with Crippen LogP contribution in [0.15, 0.2) is 35.7 Å². The lowest BCUT2D eigenvalue weighted by molar-refractivity contribution is 0.883. The third kappa shape index (κ3) is 1.83. The van der Waals surface area contributed by atoms with E-state index in [0.29, 0.717) is 0 Å². The fraction of sp³-hybridized carbons (Fsp3) is 0.200. The summed E-state index contributed by atoms with van der Waals surface area (Å²) in [6, 6.07) is 12.4. The van der Waals surface area contributed by atoms with Crippen molar-refractivity contribution < 1.29 is 0 Å². The predicted molar refractivity (Wildman–Crippen MR) is 77.3 cm³/mol. The van der Waals surface area contributed by atoms with E-state index in [9.17, 15) is 5.26 Å². The first-order valence-corrected chi connectivity index (χ1v) is 7.02. The highest BCUT2D eigenvalue weighted by Gasteiger charge is 2.20. The van der Waals surface area contributed by atoms with Crippen LogP contribution in [-0.4, -0.2) is 9.38 Å². The summed E-state index contributed by atoms with van der Waals surface area (Å²) >= 11 is 1.65. The summed E-state index contributed by atoms with van der Waals surface area (Å²) in [5.74, 6) is -0.187. The number of rotatable bonds is 2. The van der Waals surface area contributed by atoms with Crippen molar-refractivity contribution in [2.75, 3.05) is 0 Å². The van der Waals surface area contributed by atoms with Crippen LogP contribution in [0.1, 0.15) is 24.2 Å². The molecule has 0 aliphatic rings. The van der Waals surface area contributed by atoms with Crippen LogP contribution in [0.25, 0.3) is 16.2 Å². The molecule has 0 saturated heterocycles. The molecule has 0 saturated carbocycles. The van der Waals surface area contributed by atoms with E-state index in [0.717, 1.165) is 27.6 Å². The number of imidazole rings is 1. The first kappa shape index (κ1) is 11.9. The van der Waals surface area contributed by atoms with Crippen molar-refractivity contribution in [3.63, 3.8) is 0 Å². The minimum atomic E-state index is -0.187. The van der Waals surface area contributed by atoms with Crippen LogP contribution in [0.4, 0.5) is 0 Å². The van der Waals surface area contributed by atoms with Crippen molar-refractivity contribution in [2.45, 2.75) is 19.8 Å². The van der Waals surface area contributed by atoms with Crippen molar-refractivity contribution in [3.05, 3.63) is 47.1 Å². The largest absolute Gasteiger partial charge is 0.299 e. The van der Waals surface area contributed by atoms with E-state index >= 15 is 0 Å². The Bertz CT molecular complexity index is 763. The lowest BCUT2D eigenvalue weighted by Crippen LogP contribution is -2.00. The lowest BCUT2D eigenvalue weighted by atomic mass is 10.1. The van der Waals surface area contributed by atoms with Gasteiger partial charge in [0.1, 0.15) is 11.3 Å². The fourth-order valence-electron chi connectivity index (χ4n) is 2.34. The first-order valence-electron chi connectivity index (χ1n) is 6.14. The monoisotopic (exact) mass is 267 g/mol.